The van der Waals surface area contributed by atoms with Crippen molar-refractivity contribution in [2.45, 2.75) is 12.3 Å². The molecule has 9 heteroatoms. The molecule has 0 unspecified atom stereocenters. The Bertz CT molecular complexity index is 944. The fourth-order valence-electron chi connectivity index (χ4n) is 2.30. The molecule has 0 aliphatic heterocycles. The van der Waals surface area contributed by atoms with E-state index in [0.29, 0.717) is 18.2 Å². The summed E-state index contributed by atoms with van der Waals surface area (Å²) >= 11 is 0. The summed E-state index contributed by atoms with van der Waals surface area (Å²) in [5.74, 6) is 0.0692. The van der Waals surface area contributed by atoms with Crippen LogP contribution in [-0.4, -0.2) is 34.5 Å². The molecule has 7 nitrogen and oxygen atoms in total. The third-order valence-corrected chi connectivity index (χ3v) is 4.79. The predicted molar refractivity (Wildman–Crippen MR) is 90.3 cm³/mol. The van der Waals surface area contributed by atoms with Gasteiger partial charge in [0.15, 0.2) is 11.6 Å². The standard InChI is InChI=1S/C16H16FN5O2S/c17-14-5-2-1-4-13(14)12-25(23,24)21-9-11-22-10-8-20-16(22)15-18-6-3-7-19-15/h1-8,10,21H,9,11-12H2. The van der Waals surface area contributed by atoms with Crippen molar-refractivity contribution in [2.75, 3.05) is 6.54 Å². The summed E-state index contributed by atoms with van der Waals surface area (Å²) < 4.78 is 42.0. The Labute approximate surface area is 144 Å². The first kappa shape index (κ1) is 17.2. The second-order valence-electron chi connectivity index (χ2n) is 5.26. The molecule has 0 saturated heterocycles. The molecular formula is C16H16FN5O2S. The number of aromatic nitrogens is 4. The van der Waals surface area contributed by atoms with E-state index in [9.17, 15) is 12.8 Å². The molecule has 0 amide bonds. The molecular weight excluding hydrogens is 345 g/mol. The maximum absolute atomic E-state index is 13.6. The minimum Gasteiger partial charge on any atom is -0.327 e. The van der Waals surface area contributed by atoms with Gasteiger partial charge in [-0.15, -0.1) is 0 Å². The Morgan fingerprint density at radius 1 is 1.04 bits per heavy atom. The molecule has 3 rings (SSSR count). The highest BCUT2D eigenvalue weighted by Crippen LogP contribution is 2.12. The summed E-state index contributed by atoms with van der Waals surface area (Å²) in [4.78, 5) is 12.5. The van der Waals surface area contributed by atoms with E-state index in [0.717, 1.165) is 0 Å². The number of imidazole rings is 1. The van der Waals surface area contributed by atoms with Gasteiger partial charge in [0.1, 0.15) is 5.82 Å². The molecule has 2 heterocycles. The predicted octanol–water partition coefficient (Wildman–Crippen LogP) is 1.60. The van der Waals surface area contributed by atoms with Gasteiger partial charge in [-0.1, -0.05) is 18.2 Å². The molecule has 25 heavy (non-hydrogen) atoms. The van der Waals surface area contributed by atoms with Gasteiger partial charge in [-0.25, -0.2) is 32.5 Å². The minimum atomic E-state index is -3.64. The highest BCUT2D eigenvalue weighted by atomic mass is 32.2. The second-order valence-corrected chi connectivity index (χ2v) is 7.07. The first-order chi connectivity index (χ1) is 12.1. The van der Waals surface area contributed by atoms with E-state index in [1.165, 1.54) is 18.2 Å². The maximum atomic E-state index is 13.6. The largest absolute Gasteiger partial charge is 0.327 e. The van der Waals surface area contributed by atoms with Gasteiger partial charge in [-0.2, -0.15) is 0 Å². The van der Waals surface area contributed by atoms with Crippen LogP contribution in [0.4, 0.5) is 4.39 Å². The van der Waals surface area contributed by atoms with Crippen LogP contribution in [0, 0.1) is 5.82 Å². The van der Waals surface area contributed by atoms with Gasteiger partial charge in [0.2, 0.25) is 10.0 Å². The molecule has 0 bridgehead atoms. The van der Waals surface area contributed by atoms with Crippen molar-refractivity contribution in [2.24, 2.45) is 0 Å². The molecule has 0 aliphatic rings. The van der Waals surface area contributed by atoms with Crippen LogP contribution in [0.2, 0.25) is 0 Å². The van der Waals surface area contributed by atoms with Gasteiger partial charge in [-0.3, -0.25) is 0 Å². The molecule has 1 aromatic carbocycles. The monoisotopic (exact) mass is 361 g/mol. The Balaban J connectivity index is 1.62. The second kappa shape index (κ2) is 7.49. The van der Waals surface area contributed by atoms with Crippen molar-refractivity contribution in [3.8, 4) is 11.6 Å². The summed E-state index contributed by atoms with van der Waals surface area (Å²) in [6, 6.07) is 7.52. The smallest absolute Gasteiger partial charge is 0.215 e. The van der Waals surface area contributed by atoms with Crippen LogP contribution in [0.3, 0.4) is 0 Å². The number of sulfonamides is 1. The molecule has 0 saturated carbocycles. The number of hydrogen-bond acceptors (Lipinski definition) is 5. The SMILES string of the molecule is O=S(=O)(Cc1ccccc1F)NCCn1ccnc1-c1ncccn1. The van der Waals surface area contributed by atoms with Crippen LogP contribution in [0.5, 0.6) is 0 Å². The van der Waals surface area contributed by atoms with Crippen LogP contribution in [-0.2, 0) is 22.3 Å². The zero-order chi connectivity index (χ0) is 17.7. The fraction of sp³-hybridized carbons (Fsp3) is 0.188. The van der Waals surface area contributed by atoms with Crippen molar-refractivity contribution in [1.29, 1.82) is 0 Å². The van der Waals surface area contributed by atoms with Crippen molar-refractivity contribution < 1.29 is 12.8 Å². The Kier molecular flexibility index (Phi) is 5.15. The number of rotatable bonds is 7. The van der Waals surface area contributed by atoms with E-state index in [-0.39, 0.29) is 12.1 Å². The van der Waals surface area contributed by atoms with E-state index in [1.807, 2.05) is 0 Å². The zero-order valence-electron chi connectivity index (χ0n) is 13.2. The van der Waals surface area contributed by atoms with Crippen LogP contribution in [0.1, 0.15) is 5.56 Å². The molecule has 0 fully saturated rings. The average Bonchev–Trinajstić information content (AvgIpc) is 3.06. The molecule has 0 aliphatic carbocycles. The van der Waals surface area contributed by atoms with Gasteiger partial charge in [0.05, 0.1) is 5.75 Å². The van der Waals surface area contributed by atoms with Crippen LogP contribution in [0.15, 0.2) is 55.1 Å². The minimum absolute atomic E-state index is 0.135. The topological polar surface area (TPSA) is 89.8 Å². The summed E-state index contributed by atoms with van der Waals surface area (Å²) in [6.45, 7) is 0.497. The number of hydrogen-bond donors (Lipinski definition) is 1. The summed E-state index contributed by atoms with van der Waals surface area (Å²) in [7, 11) is -3.64. The van der Waals surface area contributed by atoms with Gasteiger partial charge >= 0.3 is 0 Å². The number of halogens is 1. The average molecular weight is 361 g/mol. The lowest BCUT2D eigenvalue weighted by Gasteiger charge is -2.09. The first-order valence-corrected chi connectivity index (χ1v) is 9.20. The van der Waals surface area contributed by atoms with Crippen LogP contribution >= 0.6 is 0 Å². The van der Waals surface area contributed by atoms with Gasteiger partial charge in [-0.05, 0) is 12.1 Å². The normalized spacial score (nSPS) is 11.6. The van der Waals surface area contributed by atoms with E-state index in [2.05, 4.69) is 19.7 Å². The third kappa shape index (κ3) is 4.46. The molecule has 0 atom stereocenters. The Hall–Kier alpha value is -2.65. The van der Waals surface area contributed by atoms with E-state index >= 15 is 0 Å². The number of benzene rings is 1. The zero-order valence-corrected chi connectivity index (χ0v) is 14.0. The van der Waals surface area contributed by atoms with Crippen molar-refractivity contribution in [3.05, 3.63) is 66.5 Å². The molecule has 0 spiro atoms. The highest BCUT2D eigenvalue weighted by molar-refractivity contribution is 7.88. The van der Waals surface area contributed by atoms with Gasteiger partial charge in [0.25, 0.3) is 0 Å². The maximum Gasteiger partial charge on any atom is 0.215 e. The fourth-order valence-corrected chi connectivity index (χ4v) is 3.45. The molecule has 130 valence electrons. The van der Waals surface area contributed by atoms with E-state index < -0.39 is 21.6 Å². The van der Waals surface area contributed by atoms with E-state index in [4.69, 9.17) is 0 Å². The summed E-state index contributed by atoms with van der Waals surface area (Å²) in [5, 5.41) is 0. The first-order valence-electron chi connectivity index (χ1n) is 7.54. The van der Waals surface area contributed by atoms with Crippen molar-refractivity contribution in [3.63, 3.8) is 0 Å². The molecule has 1 N–H and O–H groups in total. The Morgan fingerprint density at radius 3 is 2.56 bits per heavy atom. The van der Waals surface area contributed by atoms with Gasteiger partial charge in [0, 0.05) is 43.4 Å². The van der Waals surface area contributed by atoms with Crippen molar-refractivity contribution >= 4 is 10.0 Å². The summed E-state index contributed by atoms with van der Waals surface area (Å²) in [5.41, 5.74) is 0.135. The molecule has 0 radical (unpaired) electrons. The van der Waals surface area contributed by atoms with Crippen LogP contribution < -0.4 is 4.72 Å². The summed E-state index contributed by atoms with van der Waals surface area (Å²) in [6.07, 6.45) is 6.54. The van der Waals surface area contributed by atoms with Crippen LogP contribution in [0.25, 0.3) is 11.6 Å². The third-order valence-electron chi connectivity index (χ3n) is 3.46. The van der Waals surface area contributed by atoms with Gasteiger partial charge < -0.3 is 4.57 Å². The molecule has 2 aromatic heterocycles. The molecule has 3 aromatic rings. The van der Waals surface area contributed by atoms with E-state index in [1.54, 1.807) is 41.5 Å². The Morgan fingerprint density at radius 2 is 1.80 bits per heavy atom. The highest BCUT2D eigenvalue weighted by Gasteiger charge is 2.14. The lowest BCUT2D eigenvalue weighted by Crippen LogP contribution is -2.29. The number of nitrogens with zero attached hydrogens (tertiary/aromatic N) is 4. The number of nitrogens with one attached hydrogen (secondary N) is 1. The lowest BCUT2D eigenvalue weighted by molar-refractivity contribution is 0.567. The quantitative estimate of drug-likeness (QED) is 0.690. The van der Waals surface area contributed by atoms with Crippen molar-refractivity contribution in [1.82, 2.24) is 24.2 Å². The lowest BCUT2D eigenvalue weighted by atomic mass is 10.2.